The predicted molar refractivity (Wildman–Crippen MR) is 192 cm³/mol. The first-order chi connectivity index (χ1) is 20.2. The van der Waals surface area contributed by atoms with E-state index in [-0.39, 0.29) is 0 Å². The Bertz CT molecular complexity index is 2150. The average Bonchev–Trinajstić information content (AvgIpc) is 3.03. The van der Waals surface area contributed by atoms with Crippen LogP contribution in [0.3, 0.4) is 0 Å². The van der Waals surface area contributed by atoms with E-state index in [0.717, 1.165) is 7.96 Å². The largest absolute Gasteiger partial charge is 0.110 e. The van der Waals surface area contributed by atoms with Gasteiger partial charge in [-0.2, -0.15) is 0 Å². The Morgan fingerprint density at radius 3 is 0.976 bits per heavy atom. The van der Waals surface area contributed by atoms with Crippen molar-refractivity contribution in [2.45, 2.75) is 0 Å². The molecule has 2 atom stereocenters. The maximum atomic E-state index is 2.57. The average molecular weight is 577 g/mol. The summed E-state index contributed by atoms with van der Waals surface area (Å²) < 4.78 is 0. The Kier molecular flexibility index (Phi) is 6.13. The lowest BCUT2D eigenvalue weighted by Crippen LogP contribution is -1.88. The van der Waals surface area contributed by atoms with Gasteiger partial charge in [0.05, 0.1) is 0 Å². The molecule has 9 aromatic rings. The van der Waals surface area contributed by atoms with Gasteiger partial charge in [0.2, 0.25) is 0 Å². The number of benzene rings is 9. The molecule has 0 saturated heterocycles. The minimum Gasteiger partial charge on any atom is -0.110 e. The summed E-state index contributed by atoms with van der Waals surface area (Å²) in [4.78, 5) is 0. The van der Waals surface area contributed by atoms with E-state index < -0.39 is 0 Å². The van der Waals surface area contributed by atoms with Gasteiger partial charge in [0, 0.05) is 0 Å². The van der Waals surface area contributed by atoms with Crippen molar-refractivity contribution in [3.63, 3.8) is 0 Å². The van der Waals surface area contributed by atoms with Crippen molar-refractivity contribution < 1.29 is 0 Å². The second-order valence-corrected chi connectivity index (χ2v) is 15.0. The third-order valence-corrected chi connectivity index (χ3v) is 8.56. The number of hydrogen-bond acceptors (Lipinski definition) is 0. The monoisotopic (exact) mass is 576 g/mol. The van der Waals surface area contributed by atoms with Crippen molar-refractivity contribution in [2.75, 3.05) is 0 Å². The van der Waals surface area contributed by atoms with E-state index in [1.807, 2.05) is 0 Å². The van der Waals surface area contributed by atoms with Gasteiger partial charge in [0.25, 0.3) is 0 Å². The second-order valence-electron chi connectivity index (χ2n) is 10.7. The van der Waals surface area contributed by atoms with Crippen molar-refractivity contribution in [3.8, 4) is 22.3 Å². The standard InChI is InChI=1S/C38H22.H5P3/c1-3-25-11-13-29-15-19-31(33-21-17-27(5-1)35(25)37(29)33)23-7-9-24(10-8-23)32-20-16-30-14-12-26-4-2-6-28-18-22-34(32)38(30)36(26)28;1-3-2/h1-22H;3H,1-2H2. The van der Waals surface area contributed by atoms with Crippen LogP contribution in [0, 0.1) is 0 Å². The number of hydrogen-bond donors (Lipinski definition) is 0. The molecule has 0 aliphatic carbocycles. The van der Waals surface area contributed by atoms with E-state index in [9.17, 15) is 0 Å². The van der Waals surface area contributed by atoms with Crippen LogP contribution in [0.15, 0.2) is 133 Å². The Morgan fingerprint density at radius 1 is 0.317 bits per heavy atom. The summed E-state index contributed by atoms with van der Waals surface area (Å²) in [6.07, 6.45) is 0. The molecule has 9 aromatic carbocycles. The van der Waals surface area contributed by atoms with E-state index in [1.165, 1.54) is 86.9 Å². The minimum atomic E-state index is 0.917. The maximum absolute atomic E-state index is 2.57. The molecule has 0 nitrogen and oxygen atoms in total. The van der Waals surface area contributed by atoms with Gasteiger partial charge in [-0.3, -0.25) is 0 Å². The van der Waals surface area contributed by atoms with Crippen LogP contribution in [0.1, 0.15) is 0 Å². The lowest BCUT2D eigenvalue weighted by atomic mass is 9.88. The van der Waals surface area contributed by atoms with Gasteiger partial charge < -0.3 is 0 Å². The zero-order chi connectivity index (χ0) is 27.5. The van der Waals surface area contributed by atoms with Crippen molar-refractivity contribution in [2.24, 2.45) is 0 Å². The lowest BCUT2D eigenvalue weighted by Gasteiger charge is -2.15. The Hall–Kier alpha value is -3.65. The first-order valence-corrected chi connectivity index (χ1v) is 18.5. The van der Waals surface area contributed by atoms with Gasteiger partial charge >= 0.3 is 0 Å². The van der Waals surface area contributed by atoms with Crippen molar-refractivity contribution >= 4 is 90.4 Å². The fourth-order valence-corrected chi connectivity index (χ4v) is 6.80. The molecule has 0 aromatic heterocycles. The molecule has 0 fully saturated rings. The molecular weight excluding hydrogens is 549 g/mol. The van der Waals surface area contributed by atoms with Gasteiger partial charge in [-0.05, 0) is 86.9 Å². The van der Waals surface area contributed by atoms with E-state index in [2.05, 4.69) is 151 Å². The maximum Gasteiger partial charge on any atom is -0.00206 e. The summed E-state index contributed by atoms with van der Waals surface area (Å²) in [5, 5.41) is 16.0. The van der Waals surface area contributed by atoms with Crippen LogP contribution in [0.5, 0.6) is 0 Å². The molecule has 0 heterocycles. The fourth-order valence-electron chi connectivity index (χ4n) is 6.80. The van der Waals surface area contributed by atoms with Crippen LogP contribution in [0.4, 0.5) is 0 Å². The Balaban J connectivity index is 0.000000821. The van der Waals surface area contributed by atoms with Crippen LogP contribution >= 0.6 is 25.8 Å². The molecular formula is C38H27P3. The molecule has 0 amide bonds. The minimum absolute atomic E-state index is 0.917. The topological polar surface area (TPSA) is 0 Å². The Labute approximate surface area is 245 Å². The highest BCUT2D eigenvalue weighted by Gasteiger charge is 2.14. The van der Waals surface area contributed by atoms with Gasteiger partial charge in [-0.1, -0.05) is 141 Å². The molecule has 2 unspecified atom stereocenters. The SMILES string of the molecule is PPP.c1cc2ccc3ccc(-c4ccc(-c5ccc6ccc7cccc8ccc5c6c78)cc4)c4ccc(c1)c2c34. The van der Waals surface area contributed by atoms with Gasteiger partial charge in [0.15, 0.2) is 0 Å². The lowest BCUT2D eigenvalue weighted by molar-refractivity contribution is 1.64. The first-order valence-electron chi connectivity index (χ1n) is 13.9. The van der Waals surface area contributed by atoms with Gasteiger partial charge in [-0.15, -0.1) is 17.9 Å². The van der Waals surface area contributed by atoms with Gasteiger partial charge in [0.1, 0.15) is 0 Å². The summed E-state index contributed by atoms with van der Waals surface area (Å²) in [6.45, 7) is 0. The third-order valence-electron chi connectivity index (χ3n) is 8.56. The molecule has 9 rings (SSSR count). The van der Waals surface area contributed by atoms with Crippen LogP contribution in [-0.2, 0) is 0 Å². The van der Waals surface area contributed by atoms with Crippen LogP contribution < -0.4 is 0 Å². The summed E-state index contributed by atoms with van der Waals surface area (Å²) in [7, 11) is 6.06. The second kappa shape index (κ2) is 10.0. The highest BCUT2D eigenvalue weighted by molar-refractivity contribution is 8.33. The van der Waals surface area contributed by atoms with Crippen LogP contribution in [0.2, 0.25) is 0 Å². The summed E-state index contributed by atoms with van der Waals surface area (Å²) in [5.74, 6) is 0. The fraction of sp³-hybridized carbons (Fsp3) is 0. The zero-order valence-corrected chi connectivity index (χ0v) is 25.7. The smallest absolute Gasteiger partial charge is 0.00206 e. The molecule has 3 heteroatoms. The number of rotatable bonds is 2. The molecule has 0 spiro atoms. The van der Waals surface area contributed by atoms with E-state index in [0.29, 0.717) is 0 Å². The Morgan fingerprint density at radius 2 is 0.610 bits per heavy atom. The normalized spacial score (nSPS) is 11.8. The quantitative estimate of drug-likeness (QED) is 0.142. The van der Waals surface area contributed by atoms with E-state index >= 15 is 0 Å². The van der Waals surface area contributed by atoms with Crippen molar-refractivity contribution in [3.05, 3.63) is 133 Å². The van der Waals surface area contributed by atoms with E-state index in [4.69, 9.17) is 0 Å². The molecule has 41 heavy (non-hydrogen) atoms. The molecule has 0 aliphatic heterocycles. The summed E-state index contributed by atoms with van der Waals surface area (Å²) in [6, 6.07) is 49.6. The van der Waals surface area contributed by atoms with E-state index in [1.54, 1.807) is 0 Å². The molecule has 0 saturated carbocycles. The highest BCUT2D eigenvalue weighted by Crippen LogP contribution is 2.42. The summed E-state index contributed by atoms with van der Waals surface area (Å²) >= 11 is 0. The van der Waals surface area contributed by atoms with Crippen molar-refractivity contribution in [1.29, 1.82) is 0 Å². The highest BCUT2D eigenvalue weighted by atomic mass is 32.4. The van der Waals surface area contributed by atoms with Crippen LogP contribution in [0.25, 0.3) is 86.9 Å². The first kappa shape index (κ1) is 25.1. The summed E-state index contributed by atoms with van der Waals surface area (Å²) in [5.41, 5.74) is 5.09. The van der Waals surface area contributed by atoms with Gasteiger partial charge in [-0.25, -0.2) is 0 Å². The molecule has 0 bridgehead atoms. The molecule has 0 aliphatic rings. The third kappa shape index (κ3) is 3.94. The zero-order valence-electron chi connectivity index (χ0n) is 22.4. The molecule has 0 radical (unpaired) electrons. The van der Waals surface area contributed by atoms with Crippen LogP contribution in [-0.4, -0.2) is 0 Å². The molecule has 0 N–H and O–H groups in total. The predicted octanol–water partition coefficient (Wildman–Crippen LogP) is 12.1. The van der Waals surface area contributed by atoms with Crippen molar-refractivity contribution in [1.82, 2.24) is 0 Å². The molecule has 194 valence electrons.